The van der Waals surface area contributed by atoms with Crippen LogP contribution in [0.15, 0.2) is 0 Å². The molecule has 2 saturated heterocycles. The van der Waals surface area contributed by atoms with Gasteiger partial charge < -0.3 is 10.0 Å². The maximum atomic E-state index is 11.9. The molecule has 0 aromatic rings. The molecule has 1 N–H and O–H groups in total. The molecule has 2 unspecified atom stereocenters. The molecule has 1 amide bonds. The Labute approximate surface area is 112 Å². The third-order valence-corrected chi connectivity index (χ3v) is 6.65. The number of hydrogen-bond donors (Lipinski definition) is 1. The molecule has 7 heteroatoms. The first-order valence-electron chi connectivity index (χ1n) is 6.24. The van der Waals surface area contributed by atoms with Gasteiger partial charge in [0.15, 0.2) is 9.84 Å². The van der Waals surface area contributed by atoms with E-state index in [0.29, 0.717) is 25.3 Å². The third kappa shape index (κ3) is 3.86. The molecule has 2 aliphatic heterocycles. The van der Waals surface area contributed by atoms with E-state index in [1.165, 1.54) is 11.8 Å². The number of carbonyl (C=O) groups excluding carboxylic acids is 1. The van der Waals surface area contributed by atoms with Crippen LogP contribution in [0, 0.1) is 0 Å². The van der Waals surface area contributed by atoms with Crippen molar-refractivity contribution in [2.45, 2.75) is 30.6 Å². The molecular formula is C11H19NO4S2. The average molecular weight is 293 g/mol. The van der Waals surface area contributed by atoms with Crippen molar-refractivity contribution in [2.75, 3.05) is 30.3 Å². The van der Waals surface area contributed by atoms with E-state index in [1.807, 2.05) is 0 Å². The van der Waals surface area contributed by atoms with E-state index in [-0.39, 0.29) is 22.7 Å². The van der Waals surface area contributed by atoms with E-state index in [9.17, 15) is 18.3 Å². The van der Waals surface area contributed by atoms with Crippen molar-refractivity contribution >= 4 is 27.5 Å². The lowest BCUT2D eigenvalue weighted by Gasteiger charge is -2.30. The van der Waals surface area contributed by atoms with Crippen LogP contribution in [0.1, 0.15) is 19.3 Å². The lowest BCUT2D eigenvalue weighted by molar-refractivity contribution is -0.131. The molecule has 2 atom stereocenters. The smallest absolute Gasteiger partial charge is 0.232 e. The highest BCUT2D eigenvalue weighted by molar-refractivity contribution is 8.02. The summed E-state index contributed by atoms with van der Waals surface area (Å²) in [6.45, 7) is 1.13. The first-order chi connectivity index (χ1) is 8.46. The average Bonchev–Trinajstić information content (AvgIpc) is 2.66. The summed E-state index contributed by atoms with van der Waals surface area (Å²) in [4.78, 5) is 13.6. The number of sulfone groups is 1. The van der Waals surface area contributed by atoms with Crippen LogP contribution in [0.5, 0.6) is 0 Å². The predicted octanol–water partition coefficient (Wildman–Crippen LogP) is -0.110. The van der Waals surface area contributed by atoms with Crippen molar-refractivity contribution in [3.05, 3.63) is 0 Å². The second-order valence-corrected chi connectivity index (χ2v) is 8.49. The number of hydrogen-bond acceptors (Lipinski definition) is 5. The first kappa shape index (κ1) is 14.1. The van der Waals surface area contributed by atoms with E-state index in [0.717, 1.165) is 12.8 Å². The largest absolute Gasteiger partial charge is 0.391 e. The van der Waals surface area contributed by atoms with Gasteiger partial charge in [0.1, 0.15) is 0 Å². The summed E-state index contributed by atoms with van der Waals surface area (Å²) in [5.74, 6) is 0.796. The van der Waals surface area contributed by atoms with Crippen LogP contribution < -0.4 is 0 Å². The van der Waals surface area contributed by atoms with Gasteiger partial charge in [0, 0.05) is 18.3 Å². The van der Waals surface area contributed by atoms with Crippen molar-refractivity contribution in [3.63, 3.8) is 0 Å². The standard InChI is InChI=1S/C11H19NO4S2/c13-9-2-1-4-12(6-9)11(14)7-17-10-3-5-18(15,16)8-10/h9-10,13H,1-8H2. The van der Waals surface area contributed by atoms with E-state index < -0.39 is 15.9 Å². The molecular weight excluding hydrogens is 274 g/mol. The number of amides is 1. The third-order valence-electron chi connectivity index (χ3n) is 3.38. The molecule has 0 aromatic carbocycles. The van der Waals surface area contributed by atoms with E-state index in [1.54, 1.807) is 4.90 Å². The van der Waals surface area contributed by atoms with Gasteiger partial charge in [-0.1, -0.05) is 0 Å². The minimum absolute atomic E-state index is 0.0167. The summed E-state index contributed by atoms with van der Waals surface area (Å²) in [6, 6.07) is 0. The molecule has 0 bridgehead atoms. The molecule has 0 aliphatic carbocycles. The SMILES string of the molecule is O=C(CSC1CCS(=O)(=O)C1)N1CCCC(O)C1. The predicted molar refractivity (Wildman–Crippen MR) is 71.3 cm³/mol. The lowest BCUT2D eigenvalue weighted by Crippen LogP contribution is -2.43. The van der Waals surface area contributed by atoms with Gasteiger partial charge in [-0.15, -0.1) is 11.8 Å². The number of piperidine rings is 1. The highest BCUT2D eigenvalue weighted by Gasteiger charge is 2.29. The van der Waals surface area contributed by atoms with Gasteiger partial charge in [0.25, 0.3) is 0 Å². The van der Waals surface area contributed by atoms with E-state index >= 15 is 0 Å². The molecule has 2 aliphatic rings. The maximum Gasteiger partial charge on any atom is 0.232 e. The van der Waals surface area contributed by atoms with E-state index in [2.05, 4.69) is 0 Å². The van der Waals surface area contributed by atoms with Crippen LogP contribution in [0.4, 0.5) is 0 Å². The minimum atomic E-state index is -2.86. The lowest BCUT2D eigenvalue weighted by atomic mass is 10.1. The van der Waals surface area contributed by atoms with Crippen LogP contribution >= 0.6 is 11.8 Å². The van der Waals surface area contributed by atoms with Crippen LogP contribution in [0.2, 0.25) is 0 Å². The summed E-state index contributed by atoms with van der Waals surface area (Å²) in [6.07, 6.45) is 1.86. The van der Waals surface area contributed by atoms with Crippen molar-refractivity contribution < 1.29 is 18.3 Å². The number of β-amino-alcohol motifs (C(OH)–C–C–N with tert-alkyl or cyclic N) is 1. The summed E-state index contributed by atoms with van der Waals surface area (Å²) < 4.78 is 22.6. The fourth-order valence-electron chi connectivity index (χ4n) is 2.35. The molecule has 2 heterocycles. The Morgan fingerprint density at radius 3 is 2.78 bits per heavy atom. The minimum Gasteiger partial charge on any atom is -0.391 e. The molecule has 18 heavy (non-hydrogen) atoms. The summed E-state index contributed by atoms with van der Waals surface area (Å²) in [5, 5.41) is 9.56. The Morgan fingerprint density at radius 2 is 2.17 bits per heavy atom. The molecule has 2 rings (SSSR count). The number of thioether (sulfide) groups is 1. The Kier molecular flexibility index (Phi) is 4.55. The number of carbonyl (C=O) groups is 1. The quantitative estimate of drug-likeness (QED) is 0.786. The van der Waals surface area contributed by atoms with Crippen molar-refractivity contribution in [1.29, 1.82) is 0 Å². The molecule has 0 aromatic heterocycles. The number of likely N-dealkylation sites (tertiary alicyclic amines) is 1. The number of nitrogens with zero attached hydrogens (tertiary/aromatic N) is 1. The highest BCUT2D eigenvalue weighted by Crippen LogP contribution is 2.24. The molecule has 5 nitrogen and oxygen atoms in total. The molecule has 104 valence electrons. The molecule has 2 fully saturated rings. The zero-order valence-electron chi connectivity index (χ0n) is 10.2. The summed E-state index contributed by atoms with van der Waals surface area (Å²) >= 11 is 1.44. The highest BCUT2D eigenvalue weighted by atomic mass is 32.2. The van der Waals surface area contributed by atoms with Crippen LogP contribution in [0.3, 0.4) is 0 Å². The van der Waals surface area contributed by atoms with Crippen molar-refractivity contribution in [3.8, 4) is 0 Å². The fourth-order valence-corrected chi connectivity index (χ4v) is 5.90. The van der Waals surface area contributed by atoms with Crippen LogP contribution in [-0.4, -0.2) is 66.0 Å². The first-order valence-corrected chi connectivity index (χ1v) is 9.11. The summed E-state index contributed by atoms with van der Waals surface area (Å²) in [7, 11) is -2.86. The number of rotatable bonds is 3. The van der Waals surface area contributed by atoms with Gasteiger partial charge in [0.2, 0.25) is 5.91 Å². The second kappa shape index (κ2) is 5.79. The van der Waals surface area contributed by atoms with Crippen molar-refractivity contribution in [2.24, 2.45) is 0 Å². The second-order valence-electron chi connectivity index (χ2n) is 4.97. The topological polar surface area (TPSA) is 74.7 Å². The van der Waals surface area contributed by atoms with Gasteiger partial charge >= 0.3 is 0 Å². The van der Waals surface area contributed by atoms with Gasteiger partial charge in [-0.05, 0) is 19.3 Å². The van der Waals surface area contributed by atoms with Crippen LogP contribution in [0.25, 0.3) is 0 Å². The zero-order chi connectivity index (χ0) is 13.2. The van der Waals surface area contributed by atoms with Crippen LogP contribution in [-0.2, 0) is 14.6 Å². The Bertz CT molecular complexity index is 409. The Hall–Kier alpha value is -0.270. The number of aliphatic hydroxyl groups excluding tert-OH is 1. The van der Waals surface area contributed by atoms with Gasteiger partial charge in [-0.2, -0.15) is 0 Å². The fraction of sp³-hybridized carbons (Fsp3) is 0.909. The Morgan fingerprint density at radius 1 is 1.39 bits per heavy atom. The van der Waals surface area contributed by atoms with Crippen molar-refractivity contribution in [1.82, 2.24) is 4.90 Å². The van der Waals surface area contributed by atoms with Gasteiger partial charge in [-0.3, -0.25) is 4.79 Å². The van der Waals surface area contributed by atoms with E-state index in [4.69, 9.17) is 0 Å². The maximum absolute atomic E-state index is 11.9. The monoisotopic (exact) mass is 293 g/mol. The normalized spacial score (nSPS) is 31.5. The Balaban J connectivity index is 1.75. The van der Waals surface area contributed by atoms with Gasteiger partial charge in [-0.25, -0.2) is 8.42 Å². The zero-order valence-corrected chi connectivity index (χ0v) is 11.9. The molecule has 0 radical (unpaired) electrons. The number of aliphatic hydroxyl groups is 1. The molecule has 0 saturated carbocycles. The summed E-state index contributed by atoms with van der Waals surface area (Å²) in [5.41, 5.74) is 0. The molecule has 0 spiro atoms. The van der Waals surface area contributed by atoms with Gasteiger partial charge in [0.05, 0.1) is 23.4 Å².